The van der Waals surface area contributed by atoms with Gasteiger partial charge in [0.05, 0.1) is 32.9 Å². The van der Waals surface area contributed by atoms with Crippen LogP contribution in [0.3, 0.4) is 0 Å². The number of piperidine rings is 1. The number of anilines is 2. The third kappa shape index (κ3) is 6.85. The van der Waals surface area contributed by atoms with Crippen molar-refractivity contribution < 1.29 is 40.6 Å². The maximum Gasteiger partial charge on any atom is 0.393 e. The highest BCUT2D eigenvalue weighted by atomic mass is 19.3. The Morgan fingerprint density at radius 3 is 2.49 bits per heavy atom. The monoisotopic (exact) mass is 639 g/mol. The maximum atomic E-state index is 14.6. The first kappa shape index (κ1) is 32.5. The standard InChI is InChI=1S/C29H36F5N8O3/c1-29(33,34)26-37-28(45-38-26)40-7-5-18(6-8-40)42(9-10-44-4)25(43)17-13-36-27(39(3)14-17)41-15-20(24(16-41)35-2)19-11-22(31)23(32)12-21(19)30/h11-14,18,20,24,35H,5-10,15-16H2,1-4H3/q+1. The molecular weight excluding hydrogens is 603 g/mol. The lowest BCUT2D eigenvalue weighted by molar-refractivity contribution is -0.661. The molecule has 1 aromatic carbocycles. The van der Waals surface area contributed by atoms with Crippen LogP contribution in [-0.4, -0.2) is 91.5 Å². The number of ether oxygens (including phenoxy) is 1. The van der Waals surface area contributed by atoms with Crippen molar-refractivity contribution in [2.75, 3.05) is 63.3 Å². The minimum atomic E-state index is -3.21. The number of nitrogens with one attached hydrogen (secondary N) is 1. The van der Waals surface area contributed by atoms with E-state index in [1.54, 1.807) is 41.8 Å². The van der Waals surface area contributed by atoms with Crippen LogP contribution in [0.5, 0.6) is 0 Å². The predicted molar refractivity (Wildman–Crippen MR) is 152 cm³/mol. The molecule has 2 atom stereocenters. The Morgan fingerprint density at radius 2 is 1.87 bits per heavy atom. The molecule has 2 unspecified atom stereocenters. The van der Waals surface area contributed by atoms with E-state index >= 15 is 0 Å². The Hall–Kier alpha value is -3.92. The number of hydrogen-bond acceptors (Lipinski definition) is 9. The number of rotatable bonds is 10. The summed E-state index contributed by atoms with van der Waals surface area (Å²) in [6.07, 6.45) is 4.23. The molecule has 3 aromatic rings. The van der Waals surface area contributed by atoms with Crippen molar-refractivity contribution in [3.05, 3.63) is 58.9 Å². The Labute approximate surface area is 257 Å². The molecule has 2 aliphatic rings. The highest BCUT2D eigenvalue weighted by molar-refractivity contribution is 5.93. The second-order valence-electron chi connectivity index (χ2n) is 11.4. The van der Waals surface area contributed by atoms with E-state index in [9.17, 15) is 26.7 Å². The molecule has 5 rings (SSSR count). The molecule has 2 aromatic heterocycles. The highest BCUT2D eigenvalue weighted by Crippen LogP contribution is 2.32. The molecule has 2 aliphatic heterocycles. The average molecular weight is 640 g/mol. The lowest BCUT2D eigenvalue weighted by Crippen LogP contribution is -2.49. The number of aryl methyl sites for hydroxylation is 1. The van der Waals surface area contributed by atoms with Gasteiger partial charge in [0.1, 0.15) is 17.6 Å². The summed E-state index contributed by atoms with van der Waals surface area (Å²) in [5, 5.41) is 6.52. The number of carbonyl (C=O) groups is 1. The molecule has 2 fully saturated rings. The number of carbonyl (C=O) groups excluding carboxylic acids is 1. The second kappa shape index (κ2) is 13.2. The van der Waals surface area contributed by atoms with E-state index in [0.717, 1.165) is 6.07 Å². The quantitative estimate of drug-likeness (QED) is 0.204. The minimum absolute atomic E-state index is 0.0171. The van der Waals surface area contributed by atoms with E-state index in [0.29, 0.717) is 70.1 Å². The van der Waals surface area contributed by atoms with Gasteiger partial charge in [0.25, 0.3) is 5.91 Å². The normalized spacial score (nSPS) is 19.4. The summed E-state index contributed by atoms with van der Waals surface area (Å²) in [6.45, 7) is 2.89. The Kier molecular flexibility index (Phi) is 9.53. The number of amides is 1. The van der Waals surface area contributed by atoms with Gasteiger partial charge in [0.2, 0.25) is 5.82 Å². The van der Waals surface area contributed by atoms with Crippen LogP contribution in [0, 0.1) is 17.5 Å². The first-order chi connectivity index (χ1) is 21.4. The van der Waals surface area contributed by atoms with E-state index < -0.39 is 35.1 Å². The van der Waals surface area contributed by atoms with E-state index in [-0.39, 0.29) is 36.1 Å². The molecule has 0 bridgehead atoms. The molecule has 16 heteroatoms. The number of benzene rings is 1. The van der Waals surface area contributed by atoms with Crippen molar-refractivity contribution in [3.63, 3.8) is 0 Å². The smallest absolute Gasteiger partial charge is 0.383 e. The number of halogens is 5. The zero-order valence-electron chi connectivity index (χ0n) is 25.4. The molecule has 0 radical (unpaired) electrons. The van der Waals surface area contributed by atoms with Gasteiger partial charge in [0.15, 0.2) is 11.6 Å². The lowest BCUT2D eigenvalue weighted by Gasteiger charge is -2.37. The average Bonchev–Trinajstić information content (AvgIpc) is 3.68. The third-order valence-corrected chi connectivity index (χ3v) is 8.41. The molecule has 0 saturated carbocycles. The largest absolute Gasteiger partial charge is 0.393 e. The molecule has 1 amide bonds. The van der Waals surface area contributed by atoms with Crippen LogP contribution in [0.4, 0.5) is 33.9 Å². The zero-order valence-corrected chi connectivity index (χ0v) is 25.4. The van der Waals surface area contributed by atoms with Crippen LogP contribution in [0.15, 0.2) is 29.0 Å². The van der Waals surface area contributed by atoms with E-state index in [1.165, 1.54) is 6.20 Å². The fraction of sp³-hybridized carbons (Fsp3) is 0.552. The summed E-state index contributed by atoms with van der Waals surface area (Å²) in [5.74, 6) is -7.26. The number of nitrogens with zero attached hydrogens (tertiary/aromatic N) is 7. The SMILES string of the molecule is CNC1CN(c2ncc(C(=O)N(CCOC)C3CCN(c4nc(C(C)(F)F)no4)CC3)c[n+]2C)CC1c1cc(F)c(F)cc1F. The summed E-state index contributed by atoms with van der Waals surface area (Å²) in [6, 6.07) is 1.06. The van der Waals surface area contributed by atoms with Crippen LogP contribution in [0.1, 0.15) is 47.4 Å². The molecule has 0 spiro atoms. The van der Waals surface area contributed by atoms with Crippen molar-refractivity contribution in [2.24, 2.45) is 7.05 Å². The van der Waals surface area contributed by atoms with Gasteiger partial charge in [-0.2, -0.15) is 13.8 Å². The van der Waals surface area contributed by atoms with Gasteiger partial charge in [-0.15, -0.1) is 0 Å². The predicted octanol–water partition coefficient (Wildman–Crippen LogP) is 2.77. The zero-order chi connectivity index (χ0) is 32.5. The molecule has 11 nitrogen and oxygen atoms in total. The minimum Gasteiger partial charge on any atom is -0.383 e. The summed E-state index contributed by atoms with van der Waals surface area (Å²) < 4.78 is 81.3. The summed E-state index contributed by atoms with van der Waals surface area (Å²) >= 11 is 0. The van der Waals surface area contributed by atoms with Gasteiger partial charge in [0, 0.05) is 57.7 Å². The number of methoxy groups -OCH3 is 1. The first-order valence-corrected chi connectivity index (χ1v) is 14.6. The van der Waals surface area contributed by atoms with Gasteiger partial charge in [-0.25, -0.2) is 17.7 Å². The molecular formula is C29H36F5N8O3+. The second-order valence-corrected chi connectivity index (χ2v) is 11.4. The number of likely N-dealkylation sites (N-methyl/N-ethyl adjacent to an activating group) is 1. The van der Waals surface area contributed by atoms with Gasteiger partial charge in [-0.3, -0.25) is 9.69 Å². The van der Waals surface area contributed by atoms with E-state index in [4.69, 9.17) is 9.26 Å². The molecule has 2 saturated heterocycles. The number of hydrogen-bond donors (Lipinski definition) is 1. The third-order valence-electron chi connectivity index (χ3n) is 8.41. The Balaban J connectivity index is 1.29. The number of alkyl halides is 2. The Bertz CT molecular complexity index is 1510. The van der Waals surface area contributed by atoms with Crippen LogP contribution in [-0.2, 0) is 17.7 Å². The van der Waals surface area contributed by atoms with Crippen LogP contribution in [0.25, 0.3) is 0 Å². The van der Waals surface area contributed by atoms with Crippen molar-refractivity contribution in [2.45, 2.75) is 43.7 Å². The van der Waals surface area contributed by atoms with Crippen LogP contribution < -0.4 is 19.7 Å². The Morgan fingerprint density at radius 1 is 1.16 bits per heavy atom. The summed E-state index contributed by atoms with van der Waals surface area (Å²) in [5.41, 5.74) is 0.423. The van der Waals surface area contributed by atoms with Crippen LogP contribution in [0.2, 0.25) is 0 Å². The molecule has 4 heterocycles. The highest BCUT2D eigenvalue weighted by Gasteiger charge is 2.41. The fourth-order valence-corrected chi connectivity index (χ4v) is 6.03. The van der Waals surface area contributed by atoms with Gasteiger partial charge in [-0.1, -0.05) is 10.1 Å². The fourth-order valence-electron chi connectivity index (χ4n) is 6.03. The number of aromatic nitrogens is 4. The maximum absolute atomic E-state index is 14.6. The van der Waals surface area contributed by atoms with Gasteiger partial charge >= 0.3 is 17.9 Å². The van der Waals surface area contributed by atoms with Gasteiger partial charge < -0.3 is 24.4 Å². The van der Waals surface area contributed by atoms with Crippen molar-refractivity contribution in [1.29, 1.82) is 0 Å². The van der Waals surface area contributed by atoms with Crippen molar-refractivity contribution >= 4 is 17.9 Å². The molecule has 0 aliphatic carbocycles. The molecule has 244 valence electrons. The van der Waals surface area contributed by atoms with Gasteiger partial charge in [-0.05, 0) is 31.5 Å². The van der Waals surface area contributed by atoms with E-state index in [2.05, 4.69) is 20.4 Å². The first-order valence-electron chi connectivity index (χ1n) is 14.6. The summed E-state index contributed by atoms with van der Waals surface area (Å²) in [7, 11) is 5.01. The molecule has 45 heavy (non-hydrogen) atoms. The van der Waals surface area contributed by atoms with E-state index in [1.807, 2.05) is 4.90 Å². The lowest BCUT2D eigenvalue weighted by atomic mass is 9.93. The van der Waals surface area contributed by atoms with Crippen LogP contribution >= 0.6 is 0 Å². The molecule has 1 N–H and O–H groups in total. The topological polar surface area (TPSA) is 104 Å². The van der Waals surface area contributed by atoms with Crippen molar-refractivity contribution in [3.8, 4) is 0 Å². The van der Waals surface area contributed by atoms with Crippen molar-refractivity contribution in [1.82, 2.24) is 25.3 Å². The summed E-state index contributed by atoms with van der Waals surface area (Å²) in [4.78, 5) is 27.5.